The Bertz CT molecular complexity index is 742. The number of nitrogens with zero attached hydrogens (tertiary/aromatic N) is 1. The highest BCUT2D eigenvalue weighted by Gasteiger charge is 2.32. The Balaban J connectivity index is 2.74. The van der Waals surface area contributed by atoms with E-state index in [0.29, 0.717) is 5.56 Å². The van der Waals surface area contributed by atoms with E-state index in [4.69, 9.17) is 17.5 Å². The van der Waals surface area contributed by atoms with Crippen LogP contribution in [0.4, 0.5) is 13.2 Å². The summed E-state index contributed by atoms with van der Waals surface area (Å²) in [6.45, 7) is 0. The van der Waals surface area contributed by atoms with Gasteiger partial charge in [-0.15, -0.1) is 0 Å². The first-order valence-corrected chi connectivity index (χ1v) is 5.78. The largest absolute Gasteiger partial charge is 0.508 e. The Labute approximate surface area is 116 Å². The number of benzene rings is 1. The zero-order chi connectivity index (χ0) is 14.9. The van der Waals surface area contributed by atoms with E-state index in [0.717, 1.165) is 6.07 Å². The van der Waals surface area contributed by atoms with Crippen LogP contribution in [0, 0.1) is 16.0 Å². The van der Waals surface area contributed by atoms with E-state index < -0.39 is 11.9 Å². The van der Waals surface area contributed by atoms with Crippen molar-refractivity contribution in [1.29, 1.82) is 5.26 Å². The van der Waals surface area contributed by atoms with E-state index in [1.807, 2.05) is 4.98 Å². The molecule has 0 atom stereocenters. The highest BCUT2D eigenvalue weighted by molar-refractivity contribution is 7.71. The lowest BCUT2D eigenvalue weighted by Crippen LogP contribution is -2.09. The fourth-order valence-corrected chi connectivity index (χ4v) is 1.96. The number of hydrogen-bond donors (Lipinski definition) is 2. The van der Waals surface area contributed by atoms with Crippen molar-refractivity contribution in [3.05, 3.63) is 46.2 Å². The number of halogens is 3. The van der Waals surface area contributed by atoms with Gasteiger partial charge < -0.3 is 10.1 Å². The monoisotopic (exact) mass is 296 g/mol. The molecule has 0 aliphatic carbocycles. The molecule has 0 spiro atoms. The van der Waals surface area contributed by atoms with Crippen LogP contribution in [-0.2, 0) is 6.18 Å². The highest BCUT2D eigenvalue weighted by atomic mass is 32.1. The lowest BCUT2D eigenvalue weighted by atomic mass is 10.0. The zero-order valence-electron chi connectivity index (χ0n) is 9.82. The number of phenols is 1. The molecule has 2 N–H and O–H groups in total. The minimum atomic E-state index is -4.59. The summed E-state index contributed by atoms with van der Waals surface area (Å²) in [7, 11) is 0. The van der Waals surface area contributed by atoms with Gasteiger partial charge >= 0.3 is 6.18 Å². The number of nitrogens with one attached hydrogen (secondary N) is 1. The summed E-state index contributed by atoms with van der Waals surface area (Å²) in [5, 5.41) is 18.2. The summed E-state index contributed by atoms with van der Waals surface area (Å²) in [6, 6.07) is 8.10. The molecule has 7 heteroatoms. The summed E-state index contributed by atoms with van der Waals surface area (Å²) in [6.07, 6.45) is -4.59. The van der Waals surface area contributed by atoms with Crippen molar-refractivity contribution in [3.8, 4) is 22.9 Å². The van der Waals surface area contributed by atoms with Crippen LogP contribution in [-0.4, -0.2) is 10.1 Å². The van der Waals surface area contributed by atoms with Crippen LogP contribution in [0.3, 0.4) is 0 Å². The van der Waals surface area contributed by atoms with Crippen molar-refractivity contribution >= 4 is 12.2 Å². The predicted octanol–water partition coefficient (Wildman–Crippen LogP) is 4.01. The second-order valence-corrected chi connectivity index (χ2v) is 4.37. The fraction of sp³-hybridized carbons (Fsp3) is 0.0769. The third kappa shape index (κ3) is 2.65. The van der Waals surface area contributed by atoms with Gasteiger partial charge in [-0.1, -0.05) is 24.4 Å². The first kappa shape index (κ1) is 14.1. The number of alkyl halides is 3. The van der Waals surface area contributed by atoms with E-state index in [1.54, 1.807) is 6.07 Å². The smallest absolute Gasteiger partial charge is 0.431 e. The molecule has 1 heterocycles. The minimum absolute atomic E-state index is 0.0237. The molecule has 3 nitrogen and oxygen atoms in total. The van der Waals surface area contributed by atoms with Crippen LogP contribution in [0.1, 0.15) is 11.3 Å². The molecule has 0 aliphatic heterocycles. The maximum Gasteiger partial charge on any atom is 0.431 e. The number of pyridine rings is 1. The number of aromatic amines is 1. The number of phenolic OH excluding ortho intramolecular Hbond substituents is 1. The Hall–Kier alpha value is -2.33. The molecule has 0 radical (unpaired) electrons. The van der Waals surface area contributed by atoms with Crippen LogP contribution < -0.4 is 0 Å². The molecule has 0 unspecified atom stereocenters. The Kier molecular flexibility index (Phi) is 3.51. The van der Waals surface area contributed by atoms with Crippen molar-refractivity contribution in [2.75, 3.05) is 0 Å². The molecule has 0 saturated carbocycles. The molecule has 102 valence electrons. The molecule has 2 aromatic rings. The van der Waals surface area contributed by atoms with Crippen LogP contribution >= 0.6 is 12.2 Å². The summed E-state index contributed by atoms with van der Waals surface area (Å²) in [5.74, 6) is -0.0237. The van der Waals surface area contributed by atoms with Gasteiger partial charge in [-0.25, -0.2) is 0 Å². The third-order valence-corrected chi connectivity index (χ3v) is 2.93. The number of aromatic hydroxyl groups is 1. The second kappa shape index (κ2) is 4.98. The normalized spacial score (nSPS) is 11.1. The van der Waals surface area contributed by atoms with Crippen molar-refractivity contribution in [3.63, 3.8) is 0 Å². The summed E-state index contributed by atoms with van der Waals surface area (Å²) in [5.41, 5.74) is -0.628. The molecule has 1 aromatic carbocycles. The van der Waals surface area contributed by atoms with Gasteiger partial charge in [-0.2, -0.15) is 18.4 Å². The van der Waals surface area contributed by atoms with Crippen molar-refractivity contribution in [1.82, 2.24) is 4.98 Å². The number of aromatic nitrogens is 1. The lowest BCUT2D eigenvalue weighted by Gasteiger charge is -2.11. The maximum atomic E-state index is 12.8. The standard InChI is InChI=1S/C13H7F3N2OS/c14-13(15,16)11-5-9(10(6-17)12(20)18-11)7-1-3-8(19)4-2-7/h1-5,19H,(H,18,20). The molecule has 1 aromatic heterocycles. The Morgan fingerprint density at radius 2 is 1.80 bits per heavy atom. The molecular formula is C13H7F3N2OS. The fourth-order valence-electron chi connectivity index (χ4n) is 1.69. The molecule has 0 aliphatic rings. The summed E-state index contributed by atoms with van der Waals surface area (Å²) in [4.78, 5) is 2.01. The molecule has 20 heavy (non-hydrogen) atoms. The number of hydrogen-bond acceptors (Lipinski definition) is 3. The number of rotatable bonds is 1. The Morgan fingerprint density at radius 1 is 1.20 bits per heavy atom. The number of nitriles is 1. The SMILES string of the molecule is N#Cc1c(-c2ccc(O)cc2)cc(C(F)(F)F)[nH]c1=S. The van der Waals surface area contributed by atoms with Crippen LogP contribution in [0.25, 0.3) is 11.1 Å². The van der Waals surface area contributed by atoms with E-state index >= 15 is 0 Å². The lowest BCUT2D eigenvalue weighted by molar-refractivity contribution is -0.141. The van der Waals surface area contributed by atoms with Gasteiger partial charge in [-0.05, 0) is 23.8 Å². The topological polar surface area (TPSA) is 59.8 Å². The van der Waals surface area contributed by atoms with Gasteiger partial charge in [0.15, 0.2) is 0 Å². The second-order valence-electron chi connectivity index (χ2n) is 3.96. The molecule has 0 bridgehead atoms. The maximum absolute atomic E-state index is 12.8. The van der Waals surface area contributed by atoms with E-state index in [1.165, 1.54) is 24.3 Å². The Morgan fingerprint density at radius 3 is 2.30 bits per heavy atom. The average molecular weight is 296 g/mol. The van der Waals surface area contributed by atoms with Gasteiger partial charge in [0, 0.05) is 5.56 Å². The average Bonchev–Trinajstić information content (AvgIpc) is 2.37. The van der Waals surface area contributed by atoms with Gasteiger partial charge in [0.1, 0.15) is 22.2 Å². The molecular weight excluding hydrogens is 289 g/mol. The van der Waals surface area contributed by atoms with Gasteiger partial charge in [0.05, 0.1) is 5.56 Å². The van der Waals surface area contributed by atoms with E-state index in [9.17, 15) is 18.3 Å². The minimum Gasteiger partial charge on any atom is -0.508 e. The van der Waals surface area contributed by atoms with Gasteiger partial charge in [0.25, 0.3) is 0 Å². The van der Waals surface area contributed by atoms with Crippen LogP contribution in [0.5, 0.6) is 5.75 Å². The molecule has 0 fully saturated rings. The van der Waals surface area contributed by atoms with E-state index in [-0.39, 0.29) is 21.5 Å². The van der Waals surface area contributed by atoms with Crippen molar-refractivity contribution < 1.29 is 18.3 Å². The molecule has 0 saturated heterocycles. The summed E-state index contributed by atoms with van der Waals surface area (Å²) < 4.78 is 38.0. The van der Waals surface area contributed by atoms with Gasteiger partial charge in [0.2, 0.25) is 0 Å². The predicted molar refractivity (Wildman–Crippen MR) is 68.4 cm³/mol. The molecule has 0 amide bonds. The van der Waals surface area contributed by atoms with Crippen LogP contribution in [0.15, 0.2) is 30.3 Å². The molecule has 2 rings (SSSR count). The van der Waals surface area contributed by atoms with Crippen LogP contribution in [0.2, 0.25) is 0 Å². The first-order valence-electron chi connectivity index (χ1n) is 5.37. The zero-order valence-corrected chi connectivity index (χ0v) is 10.6. The highest BCUT2D eigenvalue weighted by Crippen LogP contribution is 2.33. The number of H-pyrrole nitrogens is 1. The quantitative estimate of drug-likeness (QED) is 0.782. The van der Waals surface area contributed by atoms with Gasteiger partial charge in [-0.3, -0.25) is 0 Å². The first-order chi connectivity index (χ1) is 9.32. The summed E-state index contributed by atoms with van der Waals surface area (Å²) >= 11 is 4.79. The van der Waals surface area contributed by atoms with Crippen molar-refractivity contribution in [2.45, 2.75) is 6.18 Å². The third-order valence-electron chi connectivity index (χ3n) is 2.63. The van der Waals surface area contributed by atoms with E-state index in [2.05, 4.69) is 0 Å². The van der Waals surface area contributed by atoms with Crippen molar-refractivity contribution in [2.24, 2.45) is 0 Å².